The number of carbonyl (C=O) groups excluding carboxylic acids is 1. The van der Waals surface area contributed by atoms with Gasteiger partial charge >= 0.3 is 0 Å². The molecule has 0 saturated heterocycles. The minimum absolute atomic E-state index is 0.151. The van der Waals surface area contributed by atoms with Gasteiger partial charge in [0.2, 0.25) is 10.0 Å². The molecule has 2 aromatic carbocycles. The van der Waals surface area contributed by atoms with Crippen LogP contribution in [0, 0.1) is 13.8 Å². The van der Waals surface area contributed by atoms with Crippen LogP contribution in [0.4, 0.5) is 11.4 Å². The van der Waals surface area contributed by atoms with E-state index >= 15 is 0 Å². The Morgan fingerprint density at radius 1 is 1.18 bits per heavy atom. The van der Waals surface area contributed by atoms with Gasteiger partial charge in [0, 0.05) is 13.0 Å². The van der Waals surface area contributed by atoms with Crippen LogP contribution in [0.15, 0.2) is 36.4 Å². The van der Waals surface area contributed by atoms with Gasteiger partial charge in [0.15, 0.2) is 6.10 Å². The predicted octanol–water partition coefficient (Wildman–Crippen LogP) is 2.87. The van der Waals surface area contributed by atoms with Crippen LogP contribution in [0.2, 0.25) is 0 Å². The first-order valence-corrected chi connectivity index (χ1v) is 10.7. The third kappa shape index (κ3) is 4.22. The zero-order valence-electron chi connectivity index (χ0n) is 16.4. The molecule has 0 aromatic heterocycles. The van der Waals surface area contributed by atoms with E-state index in [0.717, 1.165) is 17.4 Å². The van der Waals surface area contributed by atoms with E-state index in [2.05, 4.69) is 5.32 Å². The van der Waals surface area contributed by atoms with Crippen LogP contribution in [0.1, 0.15) is 17.5 Å². The quantitative estimate of drug-likeness (QED) is 0.847. The zero-order chi connectivity index (χ0) is 20.5. The first-order valence-electron chi connectivity index (χ1n) is 8.89. The lowest BCUT2D eigenvalue weighted by Crippen LogP contribution is -2.36. The Balaban J connectivity index is 1.90. The number of rotatable bonds is 4. The molecule has 0 unspecified atom stereocenters. The fraction of sp³-hybridized carbons (Fsp3) is 0.350. The summed E-state index contributed by atoms with van der Waals surface area (Å²) in [6, 6.07) is 10.8. The molecule has 7 nitrogen and oxygen atoms in total. The van der Waals surface area contributed by atoms with Gasteiger partial charge in [-0.25, -0.2) is 8.42 Å². The number of nitrogens with zero attached hydrogens (tertiary/aromatic N) is 1. The number of carbonyl (C=O) groups is 1. The number of methoxy groups -OCH3 is 1. The Kier molecular flexibility index (Phi) is 5.51. The minimum atomic E-state index is -3.50. The molecule has 0 aliphatic carbocycles. The molecule has 1 heterocycles. The summed E-state index contributed by atoms with van der Waals surface area (Å²) in [6.07, 6.45) is 0.538. The van der Waals surface area contributed by atoms with E-state index in [4.69, 9.17) is 9.47 Å². The maximum atomic E-state index is 12.9. The summed E-state index contributed by atoms with van der Waals surface area (Å²) in [5.74, 6) is 0.553. The topological polar surface area (TPSA) is 84.9 Å². The Morgan fingerprint density at radius 3 is 2.54 bits per heavy atom. The summed E-state index contributed by atoms with van der Waals surface area (Å²) in [5.41, 5.74) is 2.88. The molecular weight excluding hydrogens is 380 g/mol. The number of hydrogen-bond acceptors (Lipinski definition) is 5. The summed E-state index contributed by atoms with van der Waals surface area (Å²) in [5, 5.41) is 2.84. The second-order valence-corrected chi connectivity index (χ2v) is 8.80. The van der Waals surface area contributed by atoms with Crippen molar-refractivity contribution in [2.75, 3.05) is 29.5 Å². The standard InChI is InChI=1S/C20H24N2O5S/c1-13-5-7-17(26-3)15(11-13)21-20(23)19-9-10-22(28(4,24)25)16-12-14(2)6-8-18(16)27-19/h5-8,11-12,19H,9-10H2,1-4H3,(H,21,23)/t19-/m0/s1. The van der Waals surface area contributed by atoms with Crippen LogP contribution in [-0.4, -0.2) is 40.3 Å². The average molecular weight is 404 g/mol. The normalized spacial score (nSPS) is 16.6. The average Bonchev–Trinajstić information content (AvgIpc) is 2.81. The molecule has 2 aromatic rings. The molecule has 1 amide bonds. The third-order valence-electron chi connectivity index (χ3n) is 4.55. The van der Waals surface area contributed by atoms with E-state index < -0.39 is 16.1 Å². The molecule has 0 bridgehead atoms. The highest BCUT2D eigenvalue weighted by molar-refractivity contribution is 7.92. The molecule has 1 aliphatic rings. The van der Waals surface area contributed by atoms with E-state index in [-0.39, 0.29) is 18.9 Å². The molecule has 1 aliphatic heterocycles. The second-order valence-electron chi connectivity index (χ2n) is 6.89. The lowest BCUT2D eigenvalue weighted by atomic mass is 10.2. The van der Waals surface area contributed by atoms with E-state index in [1.165, 1.54) is 11.4 Å². The van der Waals surface area contributed by atoms with Crippen LogP contribution in [0.3, 0.4) is 0 Å². The van der Waals surface area contributed by atoms with Crippen molar-refractivity contribution in [2.24, 2.45) is 0 Å². The van der Waals surface area contributed by atoms with E-state index in [1.807, 2.05) is 32.0 Å². The number of nitrogens with one attached hydrogen (secondary N) is 1. The molecule has 0 radical (unpaired) electrons. The van der Waals surface area contributed by atoms with Gasteiger partial charge in [-0.15, -0.1) is 0 Å². The molecular formula is C20H24N2O5S. The van der Waals surface area contributed by atoms with Gasteiger partial charge in [-0.05, 0) is 49.2 Å². The summed E-state index contributed by atoms with van der Waals surface area (Å²) in [4.78, 5) is 12.9. The minimum Gasteiger partial charge on any atom is -0.495 e. The van der Waals surface area contributed by atoms with Gasteiger partial charge in [-0.3, -0.25) is 9.10 Å². The van der Waals surface area contributed by atoms with Crippen molar-refractivity contribution in [3.8, 4) is 11.5 Å². The summed E-state index contributed by atoms with van der Waals surface area (Å²) >= 11 is 0. The van der Waals surface area contributed by atoms with Crippen molar-refractivity contribution in [3.05, 3.63) is 47.5 Å². The Hall–Kier alpha value is -2.74. The molecule has 0 spiro atoms. The van der Waals surface area contributed by atoms with Gasteiger partial charge in [0.05, 0.1) is 24.7 Å². The number of sulfonamides is 1. The highest BCUT2D eigenvalue weighted by Crippen LogP contribution is 2.35. The number of fused-ring (bicyclic) bond motifs is 1. The van der Waals surface area contributed by atoms with Crippen LogP contribution < -0.4 is 19.1 Å². The molecule has 0 fully saturated rings. The smallest absolute Gasteiger partial charge is 0.265 e. The van der Waals surface area contributed by atoms with E-state index in [9.17, 15) is 13.2 Å². The van der Waals surface area contributed by atoms with Crippen LogP contribution in [0.25, 0.3) is 0 Å². The number of amides is 1. The molecule has 1 atom stereocenters. The first kappa shape index (κ1) is 20.0. The van der Waals surface area contributed by atoms with Crippen molar-refractivity contribution in [1.82, 2.24) is 0 Å². The van der Waals surface area contributed by atoms with Crippen molar-refractivity contribution >= 4 is 27.3 Å². The van der Waals surface area contributed by atoms with Crippen molar-refractivity contribution in [2.45, 2.75) is 26.4 Å². The Morgan fingerprint density at radius 2 is 1.86 bits per heavy atom. The maximum absolute atomic E-state index is 12.9. The number of aryl methyl sites for hydroxylation is 2. The number of hydrogen-bond donors (Lipinski definition) is 1. The molecule has 28 heavy (non-hydrogen) atoms. The Bertz CT molecular complexity index is 1000. The Labute approximate surface area is 165 Å². The highest BCUT2D eigenvalue weighted by atomic mass is 32.2. The number of ether oxygens (including phenoxy) is 2. The number of anilines is 2. The highest BCUT2D eigenvalue weighted by Gasteiger charge is 2.31. The second kappa shape index (κ2) is 7.71. The largest absolute Gasteiger partial charge is 0.495 e. The zero-order valence-corrected chi connectivity index (χ0v) is 17.2. The monoisotopic (exact) mass is 404 g/mol. The molecule has 0 saturated carbocycles. The van der Waals surface area contributed by atoms with Gasteiger partial charge in [-0.1, -0.05) is 12.1 Å². The van der Waals surface area contributed by atoms with E-state index in [1.54, 1.807) is 18.2 Å². The van der Waals surface area contributed by atoms with Gasteiger partial charge in [0.1, 0.15) is 11.5 Å². The van der Waals surface area contributed by atoms with Crippen molar-refractivity contribution < 1.29 is 22.7 Å². The SMILES string of the molecule is COc1ccc(C)cc1NC(=O)[C@@H]1CCN(S(C)(=O)=O)c2cc(C)ccc2O1. The van der Waals surface area contributed by atoms with Gasteiger partial charge < -0.3 is 14.8 Å². The fourth-order valence-electron chi connectivity index (χ4n) is 3.15. The summed E-state index contributed by atoms with van der Waals surface area (Å²) in [7, 11) is -1.97. The lowest BCUT2D eigenvalue weighted by Gasteiger charge is -2.21. The fourth-order valence-corrected chi connectivity index (χ4v) is 4.09. The van der Waals surface area contributed by atoms with Crippen LogP contribution in [0.5, 0.6) is 11.5 Å². The predicted molar refractivity (Wildman–Crippen MR) is 109 cm³/mol. The first-order chi connectivity index (χ1) is 13.2. The molecule has 150 valence electrons. The van der Waals surface area contributed by atoms with Gasteiger partial charge in [-0.2, -0.15) is 0 Å². The van der Waals surface area contributed by atoms with E-state index in [0.29, 0.717) is 22.9 Å². The van der Waals surface area contributed by atoms with Gasteiger partial charge in [0.25, 0.3) is 5.91 Å². The third-order valence-corrected chi connectivity index (χ3v) is 5.73. The van der Waals surface area contributed by atoms with Crippen LogP contribution in [-0.2, 0) is 14.8 Å². The summed E-state index contributed by atoms with van der Waals surface area (Å²) < 4.78 is 37.0. The van der Waals surface area contributed by atoms with Crippen LogP contribution >= 0.6 is 0 Å². The molecule has 3 rings (SSSR count). The lowest BCUT2D eigenvalue weighted by molar-refractivity contribution is -0.122. The molecule has 8 heteroatoms. The van der Waals surface area contributed by atoms with Crippen molar-refractivity contribution in [3.63, 3.8) is 0 Å². The maximum Gasteiger partial charge on any atom is 0.265 e. The molecule has 1 N–H and O–H groups in total. The number of benzene rings is 2. The van der Waals surface area contributed by atoms with Crippen molar-refractivity contribution in [1.29, 1.82) is 0 Å². The summed E-state index contributed by atoms with van der Waals surface area (Å²) in [6.45, 7) is 3.94.